The second-order valence-electron chi connectivity index (χ2n) is 10.4. The van der Waals surface area contributed by atoms with Gasteiger partial charge in [-0.15, -0.1) is 0 Å². The first kappa shape index (κ1) is 27.2. The molecule has 0 aliphatic rings. The Morgan fingerprint density at radius 3 is 2.00 bits per heavy atom. The molecule has 1 aromatic heterocycles. The second-order valence-corrected chi connectivity index (χ2v) is 10.4. The van der Waals surface area contributed by atoms with Gasteiger partial charge in [0.15, 0.2) is 0 Å². The Balaban J connectivity index is 1.82. The third kappa shape index (κ3) is 8.98. The van der Waals surface area contributed by atoms with Crippen LogP contribution in [0.2, 0.25) is 0 Å². The zero-order valence-corrected chi connectivity index (χ0v) is 22.7. The van der Waals surface area contributed by atoms with Crippen LogP contribution >= 0.6 is 0 Å². The van der Waals surface area contributed by atoms with Gasteiger partial charge < -0.3 is 0 Å². The highest BCUT2D eigenvalue weighted by molar-refractivity contribution is 5.21. The van der Waals surface area contributed by atoms with Crippen molar-refractivity contribution in [2.75, 3.05) is 0 Å². The summed E-state index contributed by atoms with van der Waals surface area (Å²) >= 11 is 0. The molecule has 1 unspecified atom stereocenters. The SMILES string of the molecule is CCCCCCCCC[n+]1c(CC(C)c2ccccc2)cn(CCCCC)c1Cc1ccccc1. The zero-order chi connectivity index (χ0) is 24.7. The van der Waals surface area contributed by atoms with Gasteiger partial charge in [-0.25, -0.2) is 9.13 Å². The van der Waals surface area contributed by atoms with Crippen molar-refractivity contribution in [1.82, 2.24) is 4.57 Å². The highest BCUT2D eigenvalue weighted by Crippen LogP contribution is 2.21. The maximum atomic E-state index is 2.70. The van der Waals surface area contributed by atoms with E-state index in [0.717, 1.165) is 25.9 Å². The standard InChI is InChI=1S/C33H49N2/c1-4-6-8-9-10-11-19-25-35-32(26-29(3)31-22-16-13-17-23-31)28-34(24-18-7-5-2)33(35)27-30-20-14-12-15-21-30/h12-17,20-23,28-29H,4-11,18-19,24-27H2,1-3H3/q+1. The molecular weight excluding hydrogens is 424 g/mol. The molecule has 0 fully saturated rings. The molecule has 0 saturated carbocycles. The molecule has 190 valence electrons. The highest BCUT2D eigenvalue weighted by Gasteiger charge is 2.25. The molecule has 0 saturated heterocycles. The molecule has 0 bridgehead atoms. The molecule has 3 rings (SSSR count). The van der Waals surface area contributed by atoms with Crippen molar-refractivity contribution < 1.29 is 4.57 Å². The van der Waals surface area contributed by atoms with Crippen molar-refractivity contribution >= 4 is 0 Å². The van der Waals surface area contributed by atoms with Crippen molar-refractivity contribution in [3.63, 3.8) is 0 Å². The van der Waals surface area contributed by atoms with E-state index in [1.807, 2.05) is 0 Å². The van der Waals surface area contributed by atoms with Gasteiger partial charge in [0.2, 0.25) is 0 Å². The van der Waals surface area contributed by atoms with Crippen molar-refractivity contribution in [3.8, 4) is 0 Å². The first-order valence-electron chi connectivity index (χ1n) is 14.4. The maximum Gasteiger partial charge on any atom is 0.261 e. The Morgan fingerprint density at radius 2 is 1.31 bits per heavy atom. The summed E-state index contributed by atoms with van der Waals surface area (Å²) in [5.41, 5.74) is 4.37. The quantitative estimate of drug-likeness (QED) is 0.137. The molecule has 0 aliphatic heterocycles. The van der Waals surface area contributed by atoms with Gasteiger partial charge in [-0.2, -0.15) is 0 Å². The number of nitrogens with zero attached hydrogens (tertiary/aromatic N) is 2. The summed E-state index contributed by atoms with van der Waals surface area (Å²) in [4.78, 5) is 0. The lowest BCUT2D eigenvalue weighted by molar-refractivity contribution is -0.710. The third-order valence-corrected chi connectivity index (χ3v) is 7.37. The van der Waals surface area contributed by atoms with Gasteiger partial charge in [0.05, 0.1) is 19.5 Å². The number of aryl methyl sites for hydroxylation is 1. The molecule has 2 nitrogen and oxygen atoms in total. The summed E-state index contributed by atoms with van der Waals surface area (Å²) in [6.45, 7) is 9.27. The minimum atomic E-state index is 0.521. The number of benzene rings is 2. The van der Waals surface area contributed by atoms with Gasteiger partial charge in [0, 0.05) is 6.42 Å². The van der Waals surface area contributed by atoms with E-state index in [2.05, 4.69) is 96.8 Å². The summed E-state index contributed by atoms with van der Waals surface area (Å²) in [5.74, 6) is 2.01. The van der Waals surface area contributed by atoms with Gasteiger partial charge in [0.25, 0.3) is 5.82 Å². The van der Waals surface area contributed by atoms with E-state index in [9.17, 15) is 0 Å². The van der Waals surface area contributed by atoms with Gasteiger partial charge in [0.1, 0.15) is 11.9 Å². The number of rotatable bonds is 17. The Bertz CT molecular complexity index is 942. The molecule has 1 heterocycles. The predicted molar refractivity (Wildman–Crippen MR) is 150 cm³/mol. The summed E-state index contributed by atoms with van der Waals surface area (Å²) in [7, 11) is 0. The van der Waals surface area contributed by atoms with Crippen molar-refractivity contribution in [1.29, 1.82) is 0 Å². The molecule has 2 aromatic carbocycles. The van der Waals surface area contributed by atoms with Crippen LogP contribution < -0.4 is 4.57 Å². The van der Waals surface area contributed by atoms with Gasteiger partial charge in [-0.3, -0.25) is 0 Å². The van der Waals surface area contributed by atoms with E-state index in [4.69, 9.17) is 0 Å². The average molecular weight is 474 g/mol. The van der Waals surface area contributed by atoms with E-state index >= 15 is 0 Å². The van der Waals surface area contributed by atoms with Crippen LogP contribution in [-0.4, -0.2) is 4.57 Å². The Morgan fingerprint density at radius 1 is 0.714 bits per heavy atom. The van der Waals surface area contributed by atoms with Crippen molar-refractivity contribution in [2.45, 2.75) is 117 Å². The van der Waals surface area contributed by atoms with Crippen molar-refractivity contribution in [2.24, 2.45) is 0 Å². The van der Waals surface area contributed by atoms with Crippen LogP contribution in [0.15, 0.2) is 66.9 Å². The first-order valence-corrected chi connectivity index (χ1v) is 14.4. The lowest BCUT2D eigenvalue weighted by Crippen LogP contribution is -2.41. The molecule has 1 atom stereocenters. The smallest absolute Gasteiger partial charge is 0.234 e. The molecule has 35 heavy (non-hydrogen) atoms. The Labute approximate surface area is 215 Å². The van der Waals surface area contributed by atoms with Crippen molar-refractivity contribution in [3.05, 3.63) is 89.5 Å². The van der Waals surface area contributed by atoms with Crippen LogP contribution in [0, 0.1) is 0 Å². The number of hydrogen-bond donors (Lipinski definition) is 0. The molecule has 0 spiro atoms. The minimum Gasteiger partial charge on any atom is -0.234 e. The fourth-order valence-corrected chi connectivity index (χ4v) is 5.22. The largest absolute Gasteiger partial charge is 0.261 e. The van der Waals surface area contributed by atoms with Crippen LogP contribution in [0.5, 0.6) is 0 Å². The number of hydrogen-bond acceptors (Lipinski definition) is 0. The number of imidazole rings is 1. The molecule has 0 amide bonds. The van der Waals surface area contributed by atoms with E-state index < -0.39 is 0 Å². The van der Waals surface area contributed by atoms with Crippen LogP contribution in [0.1, 0.15) is 114 Å². The number of unbranched alkanes of at least 4 members (excludes halogenated alkanes) is 8. The van der Waals surface area contributed by atoms with E-state index in [0.29, 0.717) is 5.92 Å². The average Bonchev–Trinajstić information content (AvgIpc) is 3.20. The molecule has 0 aliphatic carbocycles. The monoisotopic (exact) mass is 473 g/mol. The third-order valence-electron chi connectivity index (χ3n) is 7.37. The normalized spacial score (nSPS) is 12.2. The Hall–Kier alpha value is -2.35. The predicted octanol–water partition coefficient (Wildman–Crippen LogP) is 8.65. The molecule has 0 radical (unpaired) electrons. The lowest BCUT2D eigenvalue weighted by Gasteiger charge is -2.12. The van der Waals surface area contributed by atoms with Crippen LogP contribution in [0.4, 0.5) is 0 Å². The number of aromatic nitrogens is 2. The summed E-state index contributed by atoms with van der Waals surface area (Å²) in [6, 6.07) is 22.1. The summed E-state index contributed by atoms with van der Waals surface area (Å²) < 4.78 is 5.29. The van der Waals surface area contributed by atoms with Gasteiger partial charge >= 0.3 is 0 Å². The molecule has 0 N–H and O–H groups in total. The van der Waals surface area contributed by atoms with Crippen LogP contribution in [0.3, 0.4) is 0 Å². The zero-order valence-electron chi connectivity index (χ0n) is 22.7. The molecular formula is C33H49N2+. The summed E-state index contributed by atoms with van der Waals surface area (Å²) in [6.07, 6.45) is 18.0. The lowest BCUT2D eigenvalue weighted by atomic mass is 9.96. The molecule has 3 aromatic rings. The highest BCUT2D eigenvalue weighted by atomic mass is 15.2. The van der Waals surface area contributed by atoms with E-state index in [1.54, 1.807) is 0 Å². The van der Waals surface area contributed by atoms with Crippen LogP contribution in [0.25, 0.3) is 0 Å². The maximum absolute atomic E-state index is 2.70. The molecule has 2 heteroatoms. The minimum absolute atomic E-state index is 0.521. The fraction of sp³-hybridized carbons (Fsp3) is 0.545. The van der Waals surface area contributed by atoms with Gasteiger partial charge in [-0.1, -0.05) is 120 Å². The van der Waals surface area contributed by atoms with E-state index in [-0.39, 0.29) is 0 Å². The fourth-order valence-electron chi connectivity index (χ4n) is 5.22. The summed E-state index contributed by atoms with van der Waals surface area (Å²) in [5, 5.41) is 0. The van der Waals surface area contributed by atoms with Gasteiger partial charge in [-0.05, 0) is 42.7 Å². The second kappa shape index (κ2) is 15.6. The van der Waals surface area contributed by atoms with E-state index in [1.165, 1.54) is 86.9 Å². The topological polar surface area (TPSA) is 8.81 Å². The van der Waals surface area contributed by atoms with Crippen LogP contribution in [-0.2, 0) is 25.9 Å². The first-order chi connectivity index (χ1) is 17.2. The Kier molecular flexibility index (Phi) is 12.1.